The number of hydrogen-bond donors (Lipinski definition) is 3. The van der Waals surface area contributed by atoms with Gasteiger partial charge in [-0.05, 0) is 0 Å². The predicted molar refractivity (Wildman–Crippen MR) is 104 cm³/mol. The highest BCUT2D eigenvalue weighted by molar-refractivity contribution is 5.85. The van der Waals surface area contributed by atoms with Crippen LogP contribution in [0.5, 0.6) is 0 Å². The van der Waals surface area contributed by atoms with Crippen molar-refractivity contribution in [2.75, 3.05) is 21.3 Å². The van der Waals surface area contributed by atoms with Gasteiger partial charge in [-0.25, -0.2) is 4.99 Å². The van der Waals surface area contributed by atoms with Gasteiger partial charge < -0.3 is 31.1 Å². The van der Waals surface area contributed by atoms with Gasteiger partial charge in [0.05, 0.1) is 0 Å². The average Bonchev–Trinajstić information content (AvgIpc) is 2.98. The van der Waals surface area contributed by atoms with Crippen LogP contribution in [0.4, 0.5) is 0 Å². The van der Waals surface area contributed by atoms with E-state index >= 15 is 0 Å². The number of nitrogens with one attached hydrogen (secondary N) is 1. The van der Waals surface area contributed by atoms with Crippen LogP contribution < -0.4 is 11.1 Å². The smallest absolute Gasteiger partial charge is 0.241 e. The zero-order chi connectivity index (χ0) is 17.6. The summed E-state index contributed by atoms with van der Waals surface area (Å²) in [7, 11) is 4.22. The maximum absolute atomic E-state index is 7.00. The number of guanidine groups is 1. The van der Waals surface area contributed by atoms with Crippen LogP contribution in [-0.2, 0) is 20.9 Å². The molecule has 144 valence electrons. The lowest BCUT2D eigenvalue weighted by Crippen LogP contribution is -2.56. The molecule has 0 fully saturated rings. The molecule has 1 heterocycles. The zero-order valence-corrected chi connectivity index (χ0v) is 15.8. The molecule has 0 spiro atoms. The molecule has 0 aliphatic carbocycles. The molecule has 6 N–H and O–H groups in total. The first-order valence-corrected chi connectivity index (χ1v) is 7.48. The molecule has 3 rings (SSSR count). The third-order valence-electron chi connectivity index (χ3n) is 4.01. The van der Waals surface area contributed by atoms with Crippen molar-refractivity contribution < 1.29 is 20.1 Å². The summed E-state index contributed by atoms with van der Waals surface area (Å²) in [5, 5.41) is 10.2. The summed E-state index contributed by atoms with van der Waals surface area (Å²) < 4.78 is 11.7. The summed E-state index contributed by atoms with van der Waals surface area (Å²) in [5.74, 6) is 0.274. The molecule has 0 saturated carbocycles. The number of rotatable bonds is 4. The number of halogens is 1. The van der Waals surface area contributed by atoms with Crippen LogP contribution >= 0.6 is 12.4 Å². The Hall–Kier alpha value is -2.16. The molecule has 7 nitrogen and oxygen atoms in total. The van der Waals surface area contributed by atoms with Crippen molar-refractivity contribution in [3.05, 3.63) is 71.8 Å². The van der Waals surface area contributed by atoms with Gasteiger partial charge in [0, 0.05) is 32.5 Å². The second kappa shape index (κ2) is 10.1. The molecule has 2 atom stereocenters. The maximum Gasteiger partial charge on any atom is 0.241 e. The molecule has 0 bridgehead atoms. The molecule has 0 amide bonds. The number of ether oxygens (including phenoxy) is 2. The Labute approximate surface area is 159 Å². The van der Waals surface area contributed by atoms with E-state index in [9.17, 15) is 0 Å². The van der Waals surface area contributed by atoms with Gasteiger partial charge in [0.1, 0.15) is 0 Å². The minimum Gasteiger partial charge on any atom is -0.412 e. The van der Waals surface area contributed by atoms with Gasteiger partial charge in [-0.3, -0.25) is 0 Å². The van der Waals surface area contributed by atoms with E-state index in [2.05, 4.69) is 10.3 Å². The number of benzene rings is 2. The molecule has 0 saturated heterocycles. The van der Waals surface area contributed by atoms with Crippen molar-refractivity contribution in [3.63, 3.8) is 0 Å². The number of aliphatic imine (C=N–C) groups is 1. The predicted octanol–water partition coefficient (Wildman–Crippen LogP) is 1.11. The number of nitrogens with two attached hydrogens (primary N) is 1. The van der Waals surface area contributed by atoms with Crippen LogP contribution in [0, 0.1) is 0 Å². The van der Waals surface area contributed by atoms with Crippen LogP contribution in [0.1, 0.15) is 11.1 Å². The van der Waals surface area contributed by atoms with E-state index in [0.717, 1.165) is 18.2 Å². The van der Waals surface area contributed by atoms with Crippen molar-refractivity contribution in [2.45, 2.75) is 11.4 Å². The van der Waals surface area contributed by atoms with Gasteiger partial charge >= 0.3 is 0 Å². The second-order valence-electron chi connectivity index (χ2n) is 5.09. The second-order valence-corrected chi connectivity index (χ2v) is 5.09. The van der Waals surface area contributed by atoms with Crippen LogP contribution in [0.15, 0.2) is 65.7 Å². The molecular weight excluding hydrogens is 358 g/mol. The summed E-state index contributed by atoms with van der Waals surface area (Å²) in [6.07, 6.45) is 0. The van der Waals surface area contributed by atoms with Crippen LogP contribution in [0.2, 0.25) is 0 Å². The number of nitrogens with zero attached hydrogens (tertiary/aromatic N) is 1. The minimum atomic E-state index is -1.10. The van der Waals surface area contributed by atoms with E-state index in [4.69, 9.17) is 20.3 Å². The number of methoxy groups -OCH3 is 2. The van der Waals surface area contributed by atoms with Crippen LogP contribution in [-0.4, -0.2) is 37.9 Å². The third-order valence-corrected chi connectivity index (χ3v) is 4.01. The number of aliphatic hydroxyl groups is 1. The monoisotopic (exact) mass is 383 g/mol. The Balaban J connectivity index is 0.00000151. The number of aliphatic hydroxyl groups excluding tert-OH is 1. The molecule has 0 radical (unpaired) electrons. The standard InChI is InChI=1S/C17H19N3O2.CH4O.ClH.H2O/c1-21-16(13-9-5-3-6-10-13)17(22-2,20-15(18)19-16)14-11-7-4-8-12-14;1-2;;/h3-12H,1-2H3,(H3,18,19,20);2H,1H3;1H;1H2. The van der Waals surface area contributed by atoms with Gasteiger partial charge in [0.2, 0.25) is 11.4 Å². The Bertz CT molecular complexity index is 687. The average molecular weight is 384 g/mol. The lowest BCUT2D eigenvalue weighted by atomic mass is 9.86. The van der Waals surface area contributed by atoms with Gasteiger partial charge in [0.15, 0.2) is 5.96 Å². The largest absolute Gasteiger partial charge is 0.412 e. The molecule has 2 aromatic carbocycles. The summed E-state index contributed by atoms with van der Waals surface area (Å²) in [5.41, 5.74) is 5.59. The van der Waals surface area contributed by atoms with E-state index in [0.29, 0.717) is 0 Å². The highest BCUT2D eigenvalue weighted by atomic mass is 35.5. The lowest BCUT2D eigenvalue weighted by Gasteiger charge is -2.41. The van der Waals surface area contributed by atoms with Crippen molar-refractivity contribution >= 4 is 18.4 Å². The highest BCUT2D eigenvalue weighted by Gasteiger charge is 2.60. The van der Waals surface area contributed by atoms with E-state index in [1.54, 1.807) is 14.2 Å². The maximum atomic E-state index is 7.00. The van der Waals surface area contributed by atoms with Gasteiger partial charge in [0.25, 0.3) is 0 Å². The molecule has 1 aliphatic rings. The van der Waals surface area contributed by atoms with Gasteiger partial charge in [-0.15, -0.1) is 12.4 Å². The Morgan fingerprint density at radius 2 is 1.35 bits per heavy atom. The van der Waals surface area contributed by atoms with Crippen molar-refractivity contribution in [2.24, 2.45) is 10.7 Å². The molecule has 8 heteroatoms. The van der Waals surface area contributed by atoms with E-state index in [-0.39, 0.29) is 23.8 Å². The third kappa shape index (κ3) is 3.67. The van der Waals surface area contributed by atoms with E-state index in [1.807, 2.05) is 60.7 Å². The lowest BCUT2D eigenvalue weighted by molar-refractivity contribution is -0.194. The molecule has 26 heavy (non-hydrogen) atoms. The number of hydrogen-bond acceptors (Lipinski definition) is 6. The highest BCUT2D eigenvalue weighted by Crippen LogP contribution is 2.47. The molecule has 2 aromatic rings. The fourth-order valence-electron chi connectivity index (χ4n) is 3.03. The first-order chi connectivity index (χ1) is 11.7. The summed E-state index contributed by atoms with van der Waals surface area (Å²) in [6.45, 7) is 0. The molecule has 2 unspecified atom stereocenters. The van der Waals surface area contributed by atoms with Crippen LogP contribution in [0.25, 0.3) is 0 Å². The van der Waals surface area contributed by atoms with Gasteiger partial charge in [-0.1, -0.05) is 60.7 Å². The van der Waals surface area contributed by atoms with Gasteiger partial charge in [-0.2, -0.15) is 0 Å². The molecule has 0 aromatic heterocycles. The summed E-state index contributed by atoms with van der Waals surface area (Å²) >= 11 is 0. The first-order valence-electron chi connectivity index (χ1n) is 7.48. The quantitative estimate of drug-likeness (QED) is 0.730. The Morgan fingerprint density at radius 1 is 0.885 bits per heavy atom. The Kier molecular flexibility index (Phi) is 9.26. The Morgan fingerprint density at radius 3 is 1.77 bits per heavy atom. The van der Waals surface area contributed by atoms with E-state index < -0.39 is 11.4 Å². The fraction of sp³-hybridized carbons (Fsp3) is 0.278. The van der Waals surface area contributed by atoms with Crippen molar-refractivity contribution in [1.82, 2.24) is 5.32 Å². The SMILES string of the molecule is CO.COC1(c2ccccc2)N=C(N)NC1(OC)c1ccccc1.Cl.O. The van der Waals surface area contributed by atoms with E-state index in [1.165, 1.54) is 0 Å². The zero-order valence-electron chi connectivity index (χ0n) is 15.0. The fourth-order valence-corrected chi connectivity index (χ4v) is 3.03. The van der Waals surface area contributed by atoms with Crippen molar-refractivity contribution in [3.8, 4) is 0 Å². The van der Waals surface area contributed by atoms with Crippen molar-refractivity contribution in [1.29, 1.82) is 0 Å². The first kappa shape index (κ1) is 23.8. The minimum absolute atomic E-state index is 0. The molecule has 1 aliphatic heterocycles. The topological polar surface area (TPSA) is 121 Å². The summed E-state index contributed by atoms with van der Waals surface area (Å²) in [6, 6.07) is 19.5. The van der Waals surface area contributed by atoms with Crippen LogP contribution in [0.3, 0.4) is 0 Å². The molecular formula is C18H26ClN3O4. The summed E-state index contributed by atoms with van der Waals surface area (Å²) in [4.78, 5) is 4.55. The normalized spacial score (nSPS) is 23.3.